The molecule has 19 heavy (non-hydrogen) atoms. The number of phenols is 1. The highest BCUT2D eigenvalue weighted by Crippen LogP contribution is 2.53. The molecule has 1 fully saturated rings. The number of nitrogens with one attached hydrogen (secondary N) is 1. The van der Waals surface area contributed by atoms with E-state index in [1.54, 1.807) is 12.1 Å². The molecule has 0 saturated carbocycles. The van der Waals surface area contributed by atoms with Crippen LogP contribution in [0.15, 0.2) is 48.2 Å². The van der Waals surface area contributed by atoms with Crippen molar-refractivity contribution in [1.82, 2.24) is 5.32 Å². The molecule has 1 saturated heterocycles. The molecule has 0 spiro atoms. The third-order valence-corrected chi connectivity index (χ3v) is 4.57. The molecule has 0 radical (unpaired) electrons. The Bertz CT molecular complexity index is 659. The van der Waals surface area contributed by atoms with Crippen LogP contribution in [-0.2, 0) is 5.41 Å². The second-order valence-electron chi connectivity index (χ2n) is 5.46. The van der Waals surface area contributed by atoms with Gasteiger partial charge < -0.3 is 15.5 Å². The van der Waals surface area contributed by atoms with Crippen LogP contribution < -0.4 is 5.32 Å². The number of hydrogen-bond acceptors (Lipinski definition) is 3. The number of aliphatic hydroxyl groups is 1. The van der Waals surface area contributed by atoms with Gasteiger partial charge in [-0.25, -0.2) is 0 Å². The SMILES string of the molecule is Oc1ccc2c(c1)C13C=CC=CC1(O)C(=C2)NCC3. The third-order valence-electron chi connectivity index (χ3n) is 4.57. The van der Waals surface area contributed by atoms with Crippen molar-refractivity contribution in [2.75, 3.05) is 6.54 Å². The van der Waals surface area contributed by atoms with Gasteiger partial charge in [-0.3, -0.25) is 0 Å². The van der Waals surface area contributed by atoms with Crippen molar-refractivity contribution < 1.29 is 10.2 Å². The fourth-order valence-corrected chi connectivity index (χ4v) is 3.63. The molecule has 3 aliphatic rings. The minimum Gasteiger partial charge on any atom is -0.508 e. The van der Waals surface area contributed by atoms with Gasteiger partial charge in [-0.05, 0) is 41.8 Å². The molecule has 2 unspecified atom stereocenters. The molecular formula is C16H15NO2. The number of rotatable bonds is 0. The normalized spacial score (nSPS) is 34.1. The van der Waals surface area contributed by atoms with Crippen LogP contribution >= 0.6 is 0 Å². The lowest BCUT2D eigenvalue weighted by Crippen LogP contribution is -2.60. The first-order valence-corrected chi connectivity index (χ1v) is 6.55. The molecule has 3 heteroatoms. The zero-order chi connectivity index (χ0) is 13.1. The summed E-state index contributed by atoms with van der Waals surface area (Å²) in [5.41, 5.74) is 1.41. The van der Waals surface area contributed by atoms with Crippen molar-refractivity contribution in [1.29, 1.82) is 0 Å². The number of phenolic OH excluding ortho intramolecular Hbond substituents is 1. The van der Waals surface area contributed by atoms with Gasteiger partial charge in [0.2, 0.25) is 0 Å². The van der Waals surface area contributed by atoms with Crippen LogP contribution in [0.4, 0.5) is 0 Å². The summed E-state index contributed by atoms with van der Waals surface area (Å²) in [4.78, 5) is 0. The van der Waals surface area contributed by atoms with E-state index in [2.05, 4.69) is 11.4 Å². The van der Waals surface area contributed by atoms with Crippen LogP contribution in [0.3, 0.4) is 0 Å². The summed E-state index contributed by atoms with van der Waals surface area (Å²) in [5.74, 6) is 0.244. The second kappa shape index (κ2) is 3.31. The van der Waals surface area contributed by atoms with E-state index < -0.39 is 11.0 Å². The quantitative estimate of drug-likeness (QED) is 0.661. The minimum atomic E-state index is -1.03. The fraction of sp³-hybridized carbons (Fsp3) is 0.250. The lowest BCUT2D eigenvalue weighted by molar-refractivity contribution is 0.0333. The first-order chi connectivity index (χ1) is 9.16. The highest BCUT2D eigenvalue weighted by atomic mass is 16.3. The molecule has 2 bridgehead atoms. The maximum Gasteiger partial charge on any atom is 0.135 e. The van der Waals surface area contributed by atoms with E-state index in [1.165, 1.54) is 0 Å². The third kappa shape index (κ3) is 1.16. The van der Waals surface area contributed by atoms with Gasteiger partial charge in [0.05, 0.1) is 5.41 Å². The summed E-state index contributed by atoms with van der Waals surface area (Å²) in [5, 5.41) is 24.2. The topological polar surface area (TPSA) is 52.5 Å². The molecule has 0 aromatic heterocycles. The van der Waals surface area contributed by atoms with Crippen LogP contribution in [0.5, 0.6) is 5.75 Å². The molecule has 1 aromatic rings. The first-order valence-electron chi connectivity index (χ1n) is 6.55. The number of benzene rings is 1. The van der Waals surface area contributed by atoms with Crippen molar-refractivity contribution in [3.63, 3.8) is 0 Å². The molecule has 96 valence electrons. The van der Waals surface area contributed by atoms with Gasteiger partial charge >= 0.3 is 0 Å². The summed E-state index contributed by atoms with van der Waals surface area (Å²) in [6.07, 6.45) is 10.6. The van der Waals surface area contributed by atoms with Gasteiger partial charge in [0.15, 0.2) is 0 Å². The van der Waals surface area contributed by atoms with Gasteiger partial charge in [-0.1, -0.05) is 24.3 Å². The number of allylic oxidation sites excluding steroid dienone is 2. The van der Waals surface area contributed by atoms with Crippen molar-refractivity contribution in [3.05, 3.63) is 59.3 Å². The van der Waals surface area contributed by atoms with Gasteiger partial charge in [-0.2, -0.15) is 0 Å². The van der Waals surface area contributed by atoms with E-state index in [9.17, 15) is 10.2 Å². The molecule has 1 aromatic carbocycles. The minimum absolute atomic E-state index is 0.244. The largest absolute Gasteiger partial charge is 0.508 e. The first kappa shape index (κ1) is 10.9. The molecule has 3 nitrogen and oxygen atoms in total. The van der Waals surface area contributed by atoms with E-state index in [-0.39, 0.29) is 5.75 Å². The predicted molar refractivity (Wildman–Crippen MR) is 73.6 cm³/mol. The Morgan fingerprint density at radius 1 is 1.16 bits per heavy atom. The number of fused-ring (bicyclic) bond motifs is 1. The number of hydrogen-bond donors (Lipinski definition) is 3. The maximum absolute atomic E-state index is 11.1. The molecular weight excluding hydrogens is 238 g/mol. The van der Waals surface area contributed by atoms with Crippen LogP contribution in [0.2, 0.25) is 0 Å². The molecule has 2 atom stereocenters. The fourth-order valence-electron chi connectivity index (χ4n) is 3.63. The van der Waals surface area contributed by atoms with E-state index in [1.807, 2.05) is 30.4 Å². The maximum atomic E-state index is 11.1. The Kier molecular flexibility index (Phi) is 1.89. The molecule has 1 aliphatic heterocycles. The number of piperidine rings is 1. The Balaban J connectivity index is 2.09. The van der Waals surface area contributed by atoms with Crippen molar-refractivity contribution in [3.8, 4) is 5.75 Å². The van der Waals surface area contributed by atoms with Crippen LogP contribution in [0, 0.1) is 0 Å². The Hall–Kier alpha value is -2.00. The lowest BCUT2D eigenvalue weighted by atomic mass is 9.57. The van der Waals surface area contributed by atoms with E-state index in [4.69, 9.17) is 0 Å². The highest BCUT2D eigenvalue weighted by Gasteiger charge is 2.56. The summed E-state index contributed by atoms with van der Waals surface area (Å²) < 4.78 is 0. The molecule has 2 aliphatic carbocycles. The van der Waals surface area contributed by atoms with Gasteiger partial charge in [0, 0.05) is 12.2 Å². The number of aromatic hydroxyl groups is 1. The zero-order valence-corrected chi connectivity index (χ0v) is 10.4. The van der Waals surface area contributed by atoms with Crippen LogP contribution in [0.25, 0.3) is 6.08 Å². The second-order valence-corrected chi connectivity index (χ2v) is 5.46. The van der Waals surface area contributed by atoms with Crippen LogP contribution in [0.1, 0.15) is 17.5 Å². The summed E-state index contributed by atoms with van der Waals surface area (Å²) in [6, 6.07) is 5.38. The van der Waals surface area contributed by atoms with Gasteiger partial charge in [0.1, 0.15) is 11.4 Å². The standard InChI is InChI=1S/C16H15NO2/c18-12-4-3-11-9-14-16(19)6-2-1-5-15(16,7-8-17-14)13(11)10-12/h1-6,9-10,17-19H,7-8H2. The van der Waals surface area contributed by atoms with E-state index in [0.717, 1.165) is 29.8 Å². The average molecular weight is 253 g/mol. The van der Waals surface area contributed by atoms with Crippen molar-refractivity contribution >= 4 is 6.08 Å². The summed E-state index contributed by atoms with van der Waals surface area (Å²) >= 11 is 0. The molecule has 1 heterocycles. The summed E-state index contributed by atoms with van der Waals surface area (Å²) in [6.45, 7) is 0.821. The molecule has 4 rings (SSSR count). The molecule has 3 N–H and O–H groups in total. The predicted octanol–water partition coefficient (Wildman–Crippen LogP) is 1.83. The van der Waals surface area contributed by atoms with Crippen molar-refractivity contribution in [2.45, 2.75) is 17.4 Å². The highest BCUT2D eigenvalue weighted by molar-refractivity contribution is 5.71. The lowest BCUT2D eigenvalue weighted by Gasteiger charge is -2.53. The zero-order valence-electron chi connectivity index (χ0n) is 10.4. The van der Waals surface area contributed by atoms with Crippen molar-refractivity contribution in [2.24, 2.45) is 0 Å². The Labute approximate surface area is 111 Å². The van der Waals surface area contributed by atoms with Crippen LogP contribution in [-0.4, -0.2) is 22.4 Å². The van der Waals surface area contributed by atoms with Gasteiger partial charge in [0.25, 0.3) is 0 Å². The average Bonchev–Trinajstić information content (AvgIpc) is 2.39. The molecule has 0 amide bonds. The van der Waals surface area contributed by atoms with Gasteiger partial charge in [-0.15, -0.1) is 0 Å². The Morgan fingerprint density at radius 3 is 2.89 bits per heavy atom. The Morgan fingerprint density at radius 2 is 2.00 bits per heavy atom. The van der Waals surface area contributed by atoms with E-state index >= 15 is 0 Å². The monoisotopic (exact) mass is 253 g/mol. The summed E-state index contributed by atoms with van der Waals surface area (Å²) in [7, 11) is 0. The smallest absolute Gasteiger partial charge is 0.135 e. The van der Waals surface area contributed by atoms with E-state index in [0.29, 0.717) is 0 Å².